The van der Waals surface area contributed by atoms with E-state index in [0.29, 0.717) is 11.3 Å². The number of anilines is 1. The molecule has 1 fully saturated rings. The maximum atomic E-state index is 11.4. The molecule has 2 rings (SSSR count). The van der Waals surface area contributed by atoms with Crippen molar-refractivity contribution < 1.29 is 9.53 Å². The van der Waals surface area contributed by atoms with Crippen LogP contribution in [0.2, 0.25) is 0 Å². The maximum Gasteiger partial charge on any atom is 0.411 e. The molecule has 0 unspecified atom stereocenters. The topological polar surface area (TPSA) is 88.1 Å². The van der Waals surface area contributed by atoms with Gasteiger partial charge in [-0.3, -0.25) is 5.32 Å². The highest BCUT2D eigenvalue weighted by Gasteiger charge is 2.29. The molecular weight excluding hydrogens is 218 g/mol. The van der Waals surface area contributed by atoms with E-state index in [1.54, 1.807) is 24.3 Å². The van der Waals surface area contributed by atoms with Crippen LogP contribution in [0.25, 0.3) is 0 Å². The van der Waals surface area contributed by atoms with Gasteiger partial charge in [0.05, 0.1) is 11.6 Å². The minimum Gasteiger partial charge on any atom is -0.446 e. The molecule has 0 spiro atoms. The lowest BCUT2D eigenvalue weighted by molar-refractivity contribution is 0.0503. The minimum atomic E-state index is -0.480. The summed E-state index contributed by atoms with van der Waals surface area (Å²) in [7, 11) is 0. The summed E-state index contributed by atoms with van der Waals surface area (Å²) in [4.78, 5) is 11.4. The van der Waals surface area contributed by atoms with Crippen LogP contribution in [0.1, 0.15) is 18.4 Å². The van der Waals surface area contributed by atoms with Crippen molar-refractivity contribution in [2.24, 2.45) is 5.73 Å². The van der Waals surface area contributed by atoms with Crippen LogP contribution in [0.3, 0.4) is 0 Å². The summed E-state index contributed by atoms with van der Waals surface area (Å²) in [6.07, 6.45) is 0.900. The van der Waals surface area contributed by atoms with Gasteiger partial charge in [-0.15, -0.1) is 0 Å². The third-order valence-electron chi connectivity index (χ3n) is 2.67. The average Bonchev–Trinajstić information content (AvgIpc) is 2.28. The Bertz CT molecular complexity index is 444. The summed E-state index contributed by atoms with van der Waals surface area (Å²) in [5.74, 6) is 0. The highest BCUT2D eigenvalue weighted by molar-refractivity contribution is 5.84. The Kier molecular flexibility index (Phi) is 3.26. The van der Waals surface area contributed by atoms with Crippen LogP contribution in [-0.2, 0) is 4.74 Å². The first kappa shape index (κ1) is 11.4. The predicted molar refractivity (Wildman–Crippen MR) is 62.3 cm³/mol. The summed E-state index contributed by atoms with van der Waals surface area (Å²) < 4.78 is 5.12. The molecule has 5 nitrogen and oxygen atoms in total. The van der Waals surface area contributed by atoms with E-state index in [1.165, 1.54) is 0 Å². The first-order valence-corrected chi connectivity index (χ1v) is 5.41. The van der Waals surface area contributed by atoms with Gasteiger partial charge in [0, 0.05) is 11.7 Å². The second kappa shape index (κ2) is 4.85. The molecule has 1 aliphatic carbocycles. The largest absolute Gasteiger partial charge is 0.446 e. The number of carbonyl (C=O) groups excluding carboxylic acids is 1. The smallest absolute Gasteiger partial charge is 0.411 e. The summed E-state index contributed by atoms with van der Waals surface area (Å²) in [6.45, 7) is 0. The van der Waals surface area contributed by atoms with E-state index in [2.05, 4.69) is 5.32 Å². The third-order valence-corrected chi connectivity index (χ3v) is 2.67. The molecule has 0 heterocycles. The standard InChI is InChI=1S/C12H13N3O2/c13-7-8-1-3-10(4-2-8)15-12(16)17-11-5-9(14)6-11/h1-4,9,11H,5-6,14H2,(H,15,16). The molecule has 1 saturated carbocycles. The zero-order valence-corrected chi connectivity index (χ0v) is 9.22. The summed E-state index contributed by atoms with van der Waals surface area (Å²) >= 11 is 0. The van der Waals surface area contributed by atoms with Gasteiger partial charge >= 0.3 is 6.09 Å². The Balaban J connectivity index is 1.83. The van der Waals surface area contributed by atoms with Crippen molar-refractivity contribution in [3.05, 3.63) is 29.8 Å². The number of hydrogen-bond donors (Lipinski definition) is 2. The van der Waals surface area contributed by atoms with E-state index in [-0.39, 0.29) is 12.1 Å². The van der Waals surface area contributed by atoms with Gasteiger partial charge in [0.1, 0.15) is 6.10 Å². The van der Waals surface area contributed by atoms with Crippen molar-refractivity contribution in [3.63, 3.8) is 0 Å². The average molecular weight is 231 g/mol. The van der Waals surface area contributed by atoms with E-state index in [9.17, 15) is 4.79 Å². The number of benzene rings is 1. The Morgan fingerprint density at radius 3 is 2.59 bits per heavy atom. The van der Waals surface area contributed by atoms with Crippen LogP contribution >= 0.6 is 0 Å². The molecule has 0 bridgehead atoms. The van der Waals surface area contributed by atoms with E-state index >= 15 is 0 Å². The zero-order chi connectivity index (χ0) is 12.3. The Labute approximate surface area is 99.2 Å². The van der Waals surface area contributed by atoms with Crippen molar-refractivity contribution >= 4 is 11.8 Å². The van der Waals surface area contributed by atoms with Gasteiger partial charge in [-0.25, -0.2) is 4.79 Å². The van der Waals surface area contributed by atoms with Gasteiger partial charge in [0.25, 0.3) is 0 Å². The molecule has 1 aromatic rings. The first-order valence-electron chi connectivity index (χ1n) is 5.41. The molecule has 5 heteroatoms. The van der Waals surface area contributed by atoms with Crippen molar-refractivity contribution in [2.45, 2.75) is 25.0 Å². The molecule has 88 valence electrons. The fourth-order valence-electron chi connectivity index (χ4n) is 1.63. The van der Waals surface area contributed by atoms with Crippen molar-refractivity contribution in [1.29, 1.82) is 5.26 Å². The number of amides is 1. The number of nitrogens with one attached hydrogen (secondary N) is 1. The first-order chi connectivity index (χ1) is 8.17. The van der Waals surface area contributed by atoms with E-state index in [1.807, 2.05) is 6.07 Å². The van der Waals surface area contributed by atoms with Gasteiger partial charge in [-0.2, -0.15) is 5.26 Å². The number of rotatable bonds is 2. The van der Waals surface area contributed by atoms with E-state index in [4.69, 9.17) is 15.7 Å². The normalized spacial score (nSPS) is 22.1. The molecule has 0 aromatic heterocycles. The number of hydrogen-bond acceptors (Lipinski definition) is 4. The lowest BCUT2D eigenvalue weighted by Gasteiger charge is -2.31. The second-order valence-electron chi connectivity index (χ2n) is 4.07. The lowest BCUT2D eigenvalue weighted by atomic mass is 9.90. The van der Waals surface area contributed by atoms with Crippen LogP contribution in [0.15, 0.2) is 24.3 Å². The number of nitrogens with zero attached hydrogens (tertiary/aromatic N) is 1. The molecule has 17 heavy (non-hydrogen) atoms. The van der Waals surface area contributed by atoms with Gasteiger partial charge < -0.3 is 10.5 Å². The number of nitriles is 1. The van der Waals surface area contributed by atoms with E-state index < -0.39 is 6.09 Å². The second-order valence-corrected chi connectivity index (χ2v) is 4.07. The van der Waals surface area contributed by atoms with Crippen LogP contribution < -0.4 is 11.1 Å². The highest BCUT2D eigenvalue weighted by Crippen LogP contribution is 2.21. The fraction of sp³-hybridized carbons (Fsp3) is 0.333. The van der Waals surface area contributed by atoms with Crippen molar-refractivity contribution in [3.8, 4) is 6.07 Å². The Morgan fingerprint density at radius 1 is 1.41 bits per heavy atom. The van der Waals surface area contributed by atoms with Crippen LogP contribution in [0.4, 0.5) is 10.5 Å². The summed E-state index contributed by atoms with van der Waals surface area (Å²) in [5, 5.41) is 11.2. The van der Waals surface area contributed by atoms with Gasteiger partial charge in [-0.05, 0) is 37.1 Å². The van der Waals surface area contributed by atoms with Crippen LogP contribution in [-0.4, -0.2) is 18.2 Å². The Hall–Kier alpha value is -2.06. The highest BCUT2D eigenvalue weighted by atomic mass is 16.6. The monoisotopic (exact) mass is 231 g/mol. The molecule has 0 radical (unpaired) electrons. The quantitative estimate of drug-likeness (QED) is 0.809. The minimum absolute atomic E-state index is 0.0663. The summed E-state index contributed by atoms with van der Waals surface area (Å²) in [6, 6.07) is 8.75. The van der Waals surface area contributed by atoms with Gasteiger partial charge in [0.2, 0.25) is 0 Å². The maximum absolute atomic E-state index is 11.4. The molecule has 0 saturated heterocycles. The molecule has 1 amide bonds. The molecule has 0 aliphatic heterocycles. The van der Waals surface area contributed by atoms with Gasteiger partial charge in [-0.1, -0.05) is 0 Å². The molecule has 1 aromatic carbocycles. The summed E-state index contributed by atoms with van der Waals surface area (Å²) in [5.41, 5.74) is 6.75. The SMILES string of the molecule is N#Cc1ccc(NC(=O)OC2CC(N)C2)cc1. The van der Waals surface area contributed by atoms with Gasteiger partial charge in [0.15, 0.2) is 0 Å². The fourth-order valence-corrected chi connectivity index (χ4v) is 1.63. The predicted octanol–water partition coefficient (Wildman–Crippen LogP) is 1.60. The molecule has 3 N–H and O–H groups in total. The number of ether oxygens (including phenoxy) is 1. The third kappa shape index (κ3) is 2.95. The number of nitrogens with two attached hydrogens (primary N) is 1. The Morgan fingerprint density at radius 2 is 2.06 bits per heavy atom. The van der Waals surface area contributed by atoms with Crippen LogP contribution in [0.5, 0.6) is 0 Å². The number of carbonyl (C=O) groups is 1. The molecule has 0 atom stereocenters. The van der Waals surface area contributed by atoms with Crippen LogP contribution in [0, 0.1) is 11.3 Å². The van der Waals surface area contributed by atoms with Crippen molar-refractivity contribution in [2.75, 3.05) is 5.32 Å². The van der Waals surface area contributed by atoms with Crippen molar-refractivity contribution in [1.82, 2.24) is 0 Å². The van der Waals surface area contributed by atoms with E-state index in [0.717, 1.165) is 12.8 Å². The lowest BCUT2D eigenvalue weighted by Crippen LogP contribution is -2.43. The molecule has 1 aliphatic rings. The zero-order valence-electron chi connectivity index (χ0n) is 9.22. The molecular formula is C12H13N3O2.